The number of rotatable bonds is 4. The van der Waals surface area contributed by atoms with Crippen LogP contribution in [0.4, 0.5) is 42.0 Å². The van der Waals surface area contributed by atoms with Gasteiger partial charge in [0.1, 0.15) is 17.8 Å². The third kappa shape index (κ3) is 4.75. The summed E-state index contributed by atoms with van der Waals surface area (Å²) in [7, 11) is 0. The van der Waals surface area contributed by atoms with Crippen molar-refractivity contribution in [3.8, 4) is 0 Å². The first-order valence-electron chi connectivity index (χ1n) is 10.3. The second-order valence-corrected chi connectivity index (χ2v) is 8.24. The molecule has 0 saturated carbocycles. The van der Waals surface area contributed by atoms with E-state index < -0.39 is 11.7 Å². The SMILES string of the molecule is Cc1cccc(N2CCN(c3ncnc(Nc4ncc(C(F)(F)F)cc4Cl)c3N)CC2)c1C. The molecule has 1 fully saturated rings. The molecule has 2 aromatic heterocycles. The minimum Gasteiger partial charge on any atom is -0.393 e. The van der Waals surface area contributed by atoms with Gasteiger partial charge in [0.25, 0.3) is 0 Å². The number of halogens is 4. The molecule has 3 N–H and O–H groups in total. The zero-order valence-corrected chi connectivity index (χ0v) is 18.9. The van der Waals surface area contributed by atoms with Crippen molar-refractivity contribution in [2.75, 3.05) is 47.0 Å². The lowest BCUT2D eigenvalue weighted by atomic mass is 10.1. The van der Waals surface area contributed by atoms with E-state index >= 15 is 0 Å². The number of aromatic nitrogens is 3. The second-order valence-electron chi connectivity index (χ2n) is 7.83. The lowest BCUT2D eigenvalue weighted by molar-refractivity contribution is -0.137. The standard InChI is InChI=1S/C22H23ClF3N7/c1-13-4-3-5-17(14(13)2)32-6-8-33(9-7-32)21-18(27)20(29-12-30-21)31-19-16(23)10-15(11-28-19)22(24,25)26/h3-5,10-12H,6-9,27H2,1-2H3,(H,28,29,30,31). The molecule has 0 radical (unpaired) electrons. The highest BCUT2D eigenvalue weighted by Gasteiger charge is 2.31. The summed E-state index contributed by atoms with van der Waals surface area (Å²) in [6.45, 7) is 7.22. The first kappa shape index (κ1) is 22.9. The largest absolute Gasteiger partial charge is 0.417 e. The number of hydrogen-bond donors (Lipinski definition) is 2. The van der Waals surface area contributed by atoms with Gasteiger partial charge in [-0.25, -0.2) is 15.0 Å². The second kappa shape index (κ2) is 8.93. The van der Waals surface area contributed by atoms with E-state index in [-0.39, 0.29) is 22.3 Å². The quantitative estimate of drug-likeness (QED) is 0.557. The van der Waals surface area contributed by atoms with Crippen LogP contribution < -0.4 is 20.9 Å². The zero-order chi connectivity index (χ0) is 23.8. The molecule has 1 aromatic carbocycles. The van der Waals surface area contributed by atoms with E-state index in [0.29, 0.717) is 25.1 Å². The fourth-order valence-electron chi connectivity index (χ4n) is 3.77. The van der Waals surface area contributed by atoms with Crippen LogP contribution in [0.3, 0.4) is 0 Å². The number of hydrogen-bond acceptors (Lipinski definition) is 7. The van der Waals surface area contributed by atoms with Crippen molar-refractivity contribution in [1.29, 1.82) is 0 Å². The number of anilines is 5. The number of piperazine rings is 1. The maximum Gasteiger partial charge on any atom is 0.417 e. The summed E-state index contributed by atoms with van der Waals surface area (Å²) in [6, 6.07) is 7.09. The molecule has 0 atom stereocenters. The topological polar surface area (TPSA) is 83.2 Å². The summed E-state index contributed by atoms with van der Waals surface area (Å²) in [5.41, 5.74) is 9.38. The molecule has 1 aliphatic heterocycles. The summed E-state index contributed by atoms with van der Waals surface area (Å²) < 4.78 is 38.6. The number of alkyl halides is 3. The Labute approximate surface area is 194 Å². The van der Waals surface area contributed by atoms with Crippen LogP contribution in [-0.4, -0.2) is 41.1 Å². The fraction of sp³-hybridized carbons (Fsp3) is 0.318. The molecule has 3 heterocycles. The van der Waals surface area contributed by atoms with Crippen molar-refractivity contribution in [1.82, 2.24) is 15.0 Å². The summed E-state index contributed by atoms with van der Waals surface area (Å²) in [4.78, 5) is 16.6. The molecule has 1 aliphatic rings. The summed E-state index contributed by atoms with van der Waals surface area (Å²) in [5, 5.41) is 2.63. The minimum atomic E-state index is -4.53. The van der Waals surface area contributed by atoms with Gasteiger partial charge in [-0.3, -0.25) is 0 Å². The number of pyridine rings is 1. The van der Waals surface area contributed by atoms with Crippen LogP contribution in [-0.2, 0) is 6.18 Å². The van der Waals surface area contributed by atoms with Gasteiger partial charge in [0, 0.05) is 38.1 Å². The molecule has 0 spiro atoms. The Bertz CT molecular complexity index is 1160. The van der Waals surface area contributed by atoms with Crippen LogP contribution in [0.25, 0.3) is 0 Å². The van der Waals surface area contributed by atoms with E-state index in [1.807, 2.05) is 0 Å². The Hall–Kier alpha value is -3.27. The van der Waals surface area contributed by atoms with Crippen molar-refractivity contribution in [2.24, 2.45) is 0 Å². The molecule has 11 heteroatoms. The lowest BCUT2D eigenvalue weighted by Gasteiger charge is -2.38. The van der Waals surface area contributed by atoms with Crippen molar-refractivity contribution in [2.45, 2.75) is 20.0 Å². The number of nitrogens with two attached hydrogens (primary N) is 1. The number of aryl methyl sites for hydroxylation is 1. The molecule has 4 rings (SSSR count). The van der Waals surface area contributed by atoms with Gasteiger partial charge in [-0.05, 0) is 37.1 Å². The molecular weight excluding hydrogens is 455 g/mol. The first-order chi connectivity index (χ1) is 15.6. The average molecular weight is 478 g/mol. The predicted octanol–water partition coefficient (Wildman–Crippen LogP) is 4.81. The van der Waals surface area contributed by atoms with Crippen LogP contribution in [0.2, 0.25) is 5.02 Å². The molecule has 0 unspecified atom stereocenters. The van der Waals surface area contributed by atoms with Gasteiger partial charge in [-0.15, -0.1) is 0 Å². The van der Waals surface area contributed by atoms with E-state index in [0.717, 1.165) is 19.2 Å². The maximum absolute atomic E-state index is 12.9. The van der Waals surface area contributed by atoms with Crippen LogP contribution in [0.1, 0.15) is 16.7 Å². The molecule has 0 aliphatic carbocycles. The Morgan fingerprint density at radius 2 is 1.70 bits per heavy atom. The summed E-state index contributed by atoms with van der Waals surface area (Å²) in [6.07, 6.45) is -2.47. The van der Waals surface area contributed by atoms with E-state index in [1.54, 1.807) is 0 Å². The molecule has 33 heavy (non-hydrogen) atoms. The van der Waals surface area contributed by atoms with Gasteiger partial charge in [-0.2, -0.15) is 13.2 Å². The number of nitrogens with zero attached hydrogens (tertiary/aromatic N) is 5. The van der Waals surface area contributed by atoms with Crippen molar-refractivity contribution < 1.29 is 13.2 Å². The van der Waals surface area contributed by atoms with Gasteiger partial charge in [0.15, 0.2) is 11.6 Å². The Kier molecular flexibility index (Phi) is 6.20. The highest BCUT2D eigenvalue weighted by atomic mass is 35.5. The average Bonchev–Trinajstić information content (AvgIpc) is 2.78. The number of benzene rings is 1. The minimum absolute atomic E-state index is 0.0285. The predicted molar refractivity (Wildman–Crippen MR) is 124 cm³/mol. The molecule has 0 amide bonds. The number of nitrogens with one attached hydrogen (secondary N) is 1. The maximum atomic E-state index is 12.9. The van der Waals surface area contributed by atoms with E-state index in [2.05, 4.69) is 62.1 Å². The highest BCUT2D eigenvalue weighted by molar-refractivity contribution is 6.33. The monoisotopic (exact) mass is 477 g/mol. The number of nitrogen functional groups attached to an aromatic ring is 1. The summed E-state index contributed by atoms with van der Waals surface area (Å²) >= 11 is 6.00. The summed E-state index contributed by atoms with van der Waals surface area (Å²) in [5.74, 6) is 0.808. The van der Waals surface area contributed by atoms with E-state index in [9.17, 15) is 13.2 Å². The molecule has 174 valence electrons. The van der Waals surface area contributed by atoms with Crippen molar-refractivity contribution in [3.05, 3.63) is 58.5 Å². The first-order valence-corrected chi connectivity index (χ1v) is 10.7. The zero-order valence-electron chi connectivity index (χ0n) is 18.1. The van der Waals surface area contributed by atoms with Gasteiger partial charge in [0.05, 0.1) is 10.6 Å². The van der Waals surface area contributed by atoms with Crippen LogP contribution in [0, 0.1) is 13.8 Å². The van der Waals surface area contributed by atoms with Crippen LogP contribution in [0.5, 0.6) is 0 Å². The Morgan fingerprint density at radius 3 is 2.36 bits per heavy atom. The molecule has 3 aromatic rings. The Morgan fingerprint density at radius 1 is 1.00 bits per heavy atom. The van der Waals surface area contributed by atoms with E-state index in [4.69, 9.17) is 17.3 Å². The Balaban J connectivity index is 1.50. The smallest absolute Gasteiger partial charge is 0.393 e. The van der Waals surface area contributed by atoms with Crippen LogP contribution >= 0.6 is 11.6 Å². The van der Waals surface area contributed by atoms with Gasteiger partial charge >= 0.3 is 6.18 Å². The van der Waals surface area contributed by atoms with Gasteiger partial charge in [-0.1, -0.05) is 23.7 Å². The van der Waals surface area contributed by atoms with Gasteiger partial charge in [0.2, 0.25) is 0 Å². The lowest BCUT2D eigenvalue weighted by Crippen LogP contribution is -2.47. The molecule has 0 bridgehead atoms. The molecule has 7 nitrogen and oxygen atoms in total. The third-order valence-electron chi connectivity index (χ3n) is 5.76. The molecular formula is C22H23ClF3N7. The van der Waals surface area contributed by atoms with Crippen LogP contribution in [0.15, 0.2) is 36.8 Å². The molecule has 1 saturated heterocycles. The third-order valence-corrected chi connectivity index (χ3v) is 6.05. The van der Waals surface area contributed by atoms with Crippen molar-refractivity contribution in [3.63, 3.8) is 0 Å². The highest BCUT2D eigenvalue weighted by Crippen LogP contribution is 2.35. The van der Waals surface area contributed by atoms with Gasteiger partial charge < -0.3 is 20.9 Å². The van der Waals surface area contributed by atoms with Crippen molar-refractivity contribution >= 4 is 40.4 Å². The fourth-order valence-corrected chi connectivity index (χ4v) is 3.99. The normalized spacial score (nSPS) is 14.5. The van der Waals surface area contributed by atoms with E-state index in [1.165, 1.54) is 23.1 Å².